The molecule has 1 aliphatic rings. The van der Waals surface area contributed by atoms with Crippen LogP contribution in [0.4, 0.5) is 10.1 Å². The van der Waals surface area contributed by atoms with E-state index in [1.807, 2.05) is 0 Å². The van der Waals surface area contributed by atoms with Crippen LogP contribution in [0.15, 0.2) is 29.8 Å². The zero-order valence-corrected chi connectivity index (χ0v) is 13.7. The van der Waals surface area contributed by atoms with Crippen molar-refractivity contribution in [3.63, 3.8) is 0 Å². The lowest BCUT2D eigenvalue weighted by atomic mass is 9.99. The minimum atomic E-state index is -5.01. The fourth-order valence-corrected chi connectivity index (χ4v) is 3.58. The highest BCUT2D eigenvalue weighted by atomic mass is 35.5. The molecule has 5 nitrogen and oxygen atoms in total. The lowest BCUT2D eigenvalue weighted by Gasteiger charge is -2.24. The monoisotopic (exact) mass is 366 g/mol. The Bertz CT molecular complexity index is 929. The van der Waals surface area contributed by atoms with E-state index in [4.69, 9.17) is 23.2 Å². The summed E-state index contributed by atoms with van der Waals surface area (Å²) in [5.74, 6) is -2.46. The highest BCUT2D eigenvalue weighted by Crippen LogP contribution is 2.30. The number of rotatable bonds is 5. The van der Waals surface area contributed by atoms with E-state index in [0.29, 0.717) is 6.42 Å². The van der Waals surface area contributed by atoms with Gasteiger partial charge in [0.2, 0.25) is 10.0 Å². The molecule has 1 aromatic carbocycles. The number of halogens is 2. The van der Waals surface area contributed by atoms with Crippen LogP contribution in [-0.4, -0.2) is 26.2 Å². The number of sulfonamides is 1. The van der Waals surface area contributed by atoms with Gasteiger partial charge in [-0.2, -0.15) is 0 Å². The van der Waals surface area contributed by atoms with Crippen molar-refractivity contribution in [3.8, 4) is 0 Å². The smallest absolute Gasteiger partial charge is 0.335 e. The molecule has 0 aliphatic heterocycles. The van der Waals surface area contributed by atoms with Gasteiger partial charge in [-0.3, -0.25) is 4.72 Å². The summed E-state index contributed by atoms with van der Waals surface area (Å²) in [4.78, 5) is 12.2. The molecule has 1 aliphatic carbocycles. The molecule has 1 atom stereocenters. The molecule has 1 aromatic rings. The van der Waals surface area contributed by atoms with Crippen LogP contribution in [0.2, 0.25) is 6.43 Å². The molecule has 0 aromatic heterocycles. The maximum Gasteiger partial charge on any atom is 0.335 e. The summed E-state index contributed by atoms with van der Waals surface area (Å²) in [6.45, 7) is 1.45. The number of hydrogen-bond donors (Lipinski definition) is 1. The first-order valence-corrected chi connectivity index (χ1v) is 8.59. The maximum absolute atomic E-state index is 13.8. The van der Waals surface area contributed by atoms with Crippen molar-refractivity contribution in [2.24, 2.45) is 0 Å². The summed E-state index contributed by atoms with van der Waals surface area (Å²) >= 11 is 5.79. The van der Waals surface area contributed by atoms with Crippen LogP contribution in [0.1, 0.15) is 31.7 Å². The molecule has 0 bridgehead atoms. The van der Waals surface area contributed by atoms with Crippen LogP contribution in [0, 0.1) is 5.82 Å². The predicted octanol–water partition coefficient (Wildman–Crippen LogP) is 3.26. The molecule has 2 rings (SSSR count). The highest BCUT2D eigenvalue weighted by molar-refractivity contribution is 7.93. The van der Waals surface area contributed by atoms with E-state index in [2.05, 4.69) is 0 Å². The minimum absolute atomic E-state index is 0.0536. The molecule has 1 N–H and O–H groups in total. The number of allylic oxidation sites excluding steroid dienone is 1. The number of benzene rings is 1. The summed E-state index contributed by atoms with van der Waals surface area (Å²) < 4.78 is 83.7. The van der Waals surface area contributed by atoms with Crippen LogP contribution in [0.5, 0.6) is 0 Å². The molecule has 126 valence electrons. The number of ether oxygens (including phenoxy) is 1. The Labute approximate surface area is 146 Å². The third-order valence-electron chi connectivity index (χ3n) is 2.99. The Balaban J connectivity index is 2.66. The van der Waals surface area contributed by atoms with Crippen LogP contribution < -0.4 is 4.72 Å². The van der Waals surface area contributed by atoms with Gasteiger partial charge in [0.15, 0.2) is 1.41 Å². The molecular formula is C15H17ClFNO4S. The molecule has 0 saturated carbocycles. The summed E-state index contributed by atoms with van der Waals surface area (Å²) in [5.41, 5.74) is -1.40. The Morgan fingerprint density at radius 1 is 1.65 bits per heavy atom. The van der Waals surface area contributed by atoms with E-state index < -0.39 is 61.4 Å². The normalized spacial score (nSPS) is 24.5. The Morgan fingerprint density at radius 2 is 2.39 bits per heavy atom. The fourth-order valence-electron chi connectivity index (χ4n) is 2.03. The molecule has 0 spiro atoms. The second-order valence-electron chi connectivity index (χ2n) is 4.57. The second kappa shape index (κ2) is 7.31. The molecule has 0 radical (unpaired) electrons. The zero-order valence-electron chi connectivity index (χ0n) is 17.2. The van der Waals surface area contributed by atoms with Gasteiger partial charge in [0.05, 0.1) is 28.4 Å². The first kappa shape index (κ1) is 11.9. The average Bonchev–Trinajstić information content (AvgIpc) is 2.65. The van der Waals surface area contributed by atoms with Crippen LogP contribution >= 0.6 is 11.6 Å². The van der Waals surface area contributed by atoms with Gasteiger partial charge in [-0.05, 0) is 44.3 Å². The lowest BCUT2D eigenvalue weighted by Crippen LogP contribution is -2.34. The van der Waals surface area contributed by atoms with Crippen molar-refractivity contribution < 1.29 is 29.2 Å². The van der Waals surface area contributed by atoms with Gasteiger partial charge in [0, 0.05) is 0 Å². The second-order valence-corrected chi connectivity index (χ2v) is 6.58. The maximum atomic E-state index is 13.8. The molecule has 0 unspecified atom stereocenters. The fraction of sp³-hybridized carbons (Fsp3) is 0.400. The first-order valence-electron chi connectivity index (χ1n) is 9.22. The molecular weight excluding hydrogens is 345 g/mol. The molecule has 8 heteroatoms. The summed E-state index contributed by atoms with van der Waals surface area (Å²) in [6.07, 6.45) is 1.48. The topological polar surface area (TPSA) is 72.5 Å². The van der Waals surface area contributed by atoms with Gasteiger partial charge >= 0.3 is 5.97 Å². The van der Waals surface area contributed by atoms with Crippen molar-refractivity contribution in [2.75, 3.05) is 11.3 Å². The van der Waals surface area contributed by atoms with Gasteiger partial charge in [-0.25, -0.2) is 17.6 Å². The number of nitrogens with one attached hydrogen (secondary N) is 1. The predicted molar refractivity (Wildman–Crippen MR) is 86.3 cm³/mol. The summed E-state index contributed by atoms with van der Waals surface area (Å²) in [5, 5.41) is -3.47. The van der Waals surface area contributed by atoms with Gasteiger partial charge in [-0.1, -0.05) is 17.7 Å². The van der Waals surface area contributed by atoms with Crippen molar-refractivity contribution in [3.05, 3.63) is 40.6 Å². The number of esters is 1. The Morgan fingerprint density at radius 3 is 3.09 bits per heavy atom. The first-order chi connectivity index (χ1) is 12.9. The minimum Gasteiger partial charge on any atom is -0.463 e. The quantitative estimate of drug-likeness (QED) is 0.812. The van der Waals surface area contributed by atoms with E-state index in [9.17, 15) is 17.6 Å². The van der Waals surface area contributed by atoms with Crippen molar-refractivity contribution in [2.45, 2.75) is 31.4 Å². The van der Waals surface area contributed by atoms with Gasteiger partial charge in [-0.15, -0.1) is 0 Å². The van der Waals surface area contributed by atoms with E-state index >= 15 is 0 Å². The standard InChI is InChI=1S/C15H17ClFNO4S/c1-2-22-15(19)11-5-3-4-6-14(11)23(20,21)18-13-8-7-10(17)9-12(13)16/h5,7-9,14,18H,2-4,6H2,1H3/t14-/m1/s1/i7D,8D,9D,14D/hD. The molecule has 0 fully saturated rings. The molecule has 0 heterocycles. The molecule has 0 saturated heterocycles. The summed E-state index contributed by atoms with van der Waals surface area (Å²) in [7, 11) is -5.01. The van der Waals surface area contributed by atoms with Crippen LogP contribution in [0.3, 0.4) is 0 Å². The van der Waals surface area contributed by atoms with Gasteiger partial charge in [0.1, 0.15) is 11.0 Å². The SMILES string of the molecule is [2H]c1c([2H])c(N([2H])S(=O)(=O)[C@]2([2H])CCCC=C2C(=O)OCC)c(Cl)c([2H])c1F. The van der Waals surface area contributed by atoms with Crippen molar-refractivity contribution in [1.82, 2.24) is 0 Å². The number of carbonyl (C=O) groups excluding carboxylic acids is 1. The van der Waals surface area contributed by atoms with E-state index in [-0.39, 0.29) is 24.2 Å². The van der Waals surface area contributed by atoms with Crippen LogP contribution in [0.25, 0.3) is 0 Å². The summed E-state index contributed by atoms with van der Waals surface area (Å²) in [6, 6.07) is -3.19. The zero-order chi connectivity index (χ0) is 21.4. The van der Waals surface area contributed by atoms with E-state index in [0.717, 1.165) is 0 Å². The average molecular weight is 367 g/mol. The largest absolute Gasteiger partial charge is 0.463 e. The third-order valence-corrected chi connectivity index (χ3v) is 4.74. The van der Waals surface area contributed by atoms with E-state index in [1.54, 1.807) is 0 Å². The third kappa shape index (κ3) is 4.23. The number of carbonyl (C=O) groups is 1. The van der Waals surface area contributed by atoms with Crippen LogP contribution in [-0.2, 0) is 19.6 Å². The highest BCUT2D eigenvalue weighted by Gasteiger charge is 2.35. The lowest BCUT2D eigenvalue weighted by molar-refractivity contribution is -0.138. The van der Waals surface area contributed by atoms with Gasteiger partial charge < -0.3 is 4.74 Å². The number of hydrogen-bond acceptors (Lipinski definition) is 4. The Hall–Kier alpha value is -1.60. The molecule has 0 amide bonds. The molecule has 23 heavy (non-hydrogen) atoms. The number of anilines is 1. The van der Waals surface area contributed by atoms with Crippen molar-refractivity contribution in [1.29, 1.82) is 0 Å². The van der Waals surface area contributed by atoms with E-state index in [1.165, 1.54) is 13.0 Å². The Kier molecular flexibility index (Phi) is 3.77. The van der Waals surface area contributed by atoms with Crippen molar-refractivity contribution >= 4 is 33.3 Å². The van der Waals surface area contributed by atoms with Gasteiger partial charge in [0.25, 0.3) is 0 Å².